The molecule has 0 saturated carbocycles. The Hall–Kier alpha value is 0.640. The van der Waals surface area contributed by atoms with Gasteiger partial charge in [-0.3, -0.25) is 0 Å². The number of hydrogen-bond donors (Lipinski definition) is 0. The Morgan fingerprint density at radius 3 is 2.69 bits per heavy atom. The van der Waals surface area contributed by atoms with E-state index in [1.165, 1.54) is 22.1 Å². The fourth-order valence-electron chi connectivity index (χ4n) is 1.35. The molecule has 0 N–H and O–H groups in total. The van der Waals surface area contributed by atoms with Gasteiger partial charge in [0, 0.05) is 8.27 Å². The third-order valence-corrected chi connectivity index (χ3v) is 4.90. The molecule has 1 heterocycles. The van der Waals surface area contributed by atoms with Gasteiger partial charge in [0.05, 0.1) is 2.88 Å². The fourth-order valence-corrected chi connectivity index (χ4v) is 4.26. The highest BCUT2D eigenvalue weighted by atomic mass is 127. The predicted molar refractivity (Wildman–Crippen MR) is 76.6 cm³/mol. The normalized spacial score (nSPS) is 11.0. The summed E-state index contributed by atoms with van der Waals surface area (Å²) in [6.45, 7) is 2.21. The third-order valence-electron chi connectivity index (χ3n) is 2.04. The highest BCUT2D eigenvalue weighted by Crippen LogP contribution is 2.30. The van der Waals surface area contributed by atoms with Gasteiger partial charge in [0.1, 0.15) is 0 Å². The van der Waals surface area contributed by atoms with E-state index in [9.17, 15) is 0 Å². The van der Waals surface area contributed by atoms with Crippen molar-refractivity contribution in [2.45, 2.75) is 13.3 Å². The van der Waals surface area contributed by atoms with Gasteiger partial charge in [0.25, 0.3) is 0 Å². The Balaban J connectivity index is 2.72. The van der Waals surface area contributed by atoms with E-state index in [2.05, 4.69) is 70.3 Å². The molecule has 0 nitrogen and oxygen atoms in total. The Labute approximate surface area is 109 Å². The predicted octanol–water partition coefficient (Wildman–Crippen LogP) is 4.67. The molecule has 0 saturated heterocycles. The molecule has 0 unspecified atom stereocenters. The number of aryl methyl sites for hydroxylation is 1. The maximum atomic E-state index is 2.42. The van der Waals surface area contributed by atoms with Crippen molar-refractivity contribution >= 4 is 66.6 Å². The van der Waals surface area contributed by atoms with E-state index in [-0.39, 0.29) is 0 Å². The van der Waals surface area contributed by atoms with Crippen LogP contribution in [0.5, 0.6) is 0 Å². The Kier molecular flexibility index (Phi) is 3.14. The molecule has 0 aliphatic carbocycles. The van der Waals surface area contributed by atoms with Crippen molar-refractivity contribution in [2.24, 2.45) is 0 Å². The highest BCUT2D eigenvalue weighted by Gasteiger charge is 2.03. The van der Waals surface area contributed by atoms with Gasteiger partial charge >= 0.3 is 0 Å². The van der Waals surface area contributed by atoms with Crippen molar-refractivity contribution in [1.82, 2.24) is 0 Å². The molecule has 3 heteroatoms. The minimum atomic E-state index is 1.13. The molecule has 0 aliphatic heterocycles. The summed E-state index contributed by atoms with van der Waals surface area (Å²) >= 11 is 6.67. The first kappa shape index (κ1) is 10.2. The van der Waals surface area contributed by atoms with E-state index >= 15 is 0 Å². The fraction of sp³-hybridized carbons (Fsp3) is 0.200. The summed E-state index contributed by atoms with van der Waals surface area (Å²) in [6, 6.07) is 6.87. The lowest BCUT2D eigenvalue weighted by molar-refractivity contribution is 1.13. The van der Waals surface area contributed by atoms with Crippen LogP contribution in [0.25, 0.3) is 10.1 Å². The first-order valence-electron chi connectivity index (χ1n) is 4.08. The minimum absolute atomic E-state index is 1.13. The van der Waals surface area contributed by atoms with Gasteiger partial charge in [-0.2, -0.15) is 0 Å². The maximum Gasteiger partial charge on any atom is 0.0666 e. The Bertz CT molecular complexity index is 445. The molecule has 0 amide bonds. The van der Waals surface area contributed by atoms with Crippen molar-refractivity contribution in [1.29, 1.82) is 0 Å². The van der Waals surface area contributed by atoms with Gasteiger partial charge in [-0.05, 0) is 80.8 Å². The van der Waals surface area contributed by atoms with Crippen molar-refractivity contribution in [3.63, 3.8) is 0 Å². The van der Waals surface area contributed by atoms with Gasteiger partial charge in [-0.25, -0.2) is 0 Å². The average Bonchev–Trinajstić information content (AvgIpc) is 2.42. The van der Waals surface area contributed by atoms with E-state index in [1.807, 2.05) is 11.3 Å². The lowest BCUT2D eigenvalue weighted by Crippen LogP contribution is -1.83. The van der Waals surface area contributed by atoms with E-state index in [0.717, 1.165) is 6.42 Å². The van der Waals surface area contributed by atoms with Crippen LogP contribution in [0.15, 0.2) is 18.2 Å². The van der Waals surface area contributed by atoms with Crippen molar-refractivity contribution in [2.75, 3.05) is 0 Å². The molecule has 1 aromatic carbocycles. The van der Waals surface area contributed by atoms with Crippen LogP contribution in [0.2, 0.25) is 0 Å². The first-order chi connectivity index (χ1) is 6.20. The van der Waals surface area contributed by atoms with E-state index in [4.69, 9.17) is 0 Å². The van der Waals surface area contributed by atoms with Crippen LogP contribution in [0.3, 0.4) is 0 Å². The lowest BCUT2D eigenvalue weighted by Gasteiger charge is -2.00. The molecule has 0 atom stereocenters. The van der Waals surface area contributed by atoms with E-state index < -0.39 is 0 Å². The van der Waals surface area contributed by atoms with Gasteiger partial charge in [-0.15, -0.1) is 11.3 Å². The zero-order valence-corrected chi connectivity index (χ0v) is 12.2. The van der Waals surface area contributed by atoms with E-state index in [1.54, 1.807) is 0 Å². The van der Waals surface area contributed by atoms with Crippen LogP contribution < -0.4 is 0 Å². The number of halogens is 2. The molecule has 2 rings (SSSR count). The Morgan fingerprint density at radius 2 is 2.00 bits per heavy atom. The number of fused-ring (bicyclic) bond motifs is 1. The second kappa shape index (κ2) is 4.02. The number of benzene rings is 1. The van der Waals surface area contributed by atoms with Crippen molar-refractivity contribution in [3.8, 4) is 0 Å². The summed E-state index contributed by atoms with van der Waals surface area (Å²) in [6.07, 6.45) is 1.13. The third kappa shape index (κ3) is 2.02. The standard InChI is InChI=1S/C10H8I2S/c1-2-6-3-7-4-10(12)13-9(7)5-8(6)11/h3-5H,2H2,1H3. The second-order valence-electron chi connectivity index (χ2n) is 2.89. The molecule has 68 valence electrons. The molecule has 0 bridgehead atoms. The largest absolute Gasteiger partial charge is 0.129 e. The zero-order valence-electron chi connectivity index (χ0n) is 7.10. The molecule has 2 aromatic rings. The average molecular weight is 414 g/mol. The summed E-state index contributed by atoms with van der Waals surface area (Å²) < 4.78 is 4.17. The monoisotopic (exact) mass is 414 g/mol. The lowest BCUT2D eigenvalue weighted by atomic mass is 10.1. The molecule has 0 radical (unpaired) electrons. The molecular weight excluding hydrogens is 406 g/mol. The molecule has 1 aromatic heterocycles. The molecular formula is C10H8I2S. The molecule has 0 spiro atoms. The molecule has 13 heavy (non-hydrogen) atoms. The van der Waals surface area contributed by atoms with Crippen LogP contribution in [0, 0.1) is 6.45 Å². The second-order valence-corrected chi connectivity index (χ2v) is 7.03. The number of thiophene rings is 1. The van der Waals surface area contributed by atoms with Gasteiger partial charge in [0.2, 0.25) is 0 Å². The zero-order chi connectivity index (χ0) is 9.42. The summed E-state index contributed by atoms with van der Waals surface area (Å²) in [5, 5.41) is 1.40. The van der Waals surface area contributed by atoms with Gasteiger partial charge in [-0.1, -0.05) is 6.92 Å². The van der Waals surface area contributed by atoms with Crippen LogP contribution in [-0.2, 0) is 6.42 Å². The first-order valence-corrected chi connectivity index (χ1v) is 7.05. The van der Waals surface area contributed by atoms with Crippen LogP contribution in [0.1, 0.15) is 12.5 Å². The topological polar surface area (TPSA) is 0 Å². The summed E-state index contributed by atoms with van der Waals surface area (Å²) in [4.78, 5) is 0. The summed E-state index contributed by atoms with van der Waals surface area (Å²) in [5.41, 5.74) is 1.46. The highest BCUT2D eigenvalue weighted by molar-refractivity contribution is 14.1. The van der Waals surface area contributed by atoms with Crippen molar-refractivity contribution in [3.05, 3.63) is 30.2 Å². The molecule has 0 aliphatic rings. The van der Waals surface area contributed by atoms with Crippen LogP contribution in [0.4, 0.5) is 0 Å². The van der Waals surface area contributed by atoms with E-state index in [0.29, 0.717) is 0 Å². The minimum Gasteiger partial charge on any atom is -0.129 e. The quantitative estimate of drug-likeness (QED) is 0.596. The summed E-state index contributed by atoms with van der Waals surface area (Å²) in [5.74, 6) is 0. The van der Waals surface area contributed by atoms with Crippen LogP contribution >= 0.6 is 56.5 Å². The SMILES string of the molecule is CCc1cc2cc(I)sc2cc1I. The van der Waals surface area contributed by atoms with Crippen LogP contribution in [-0.4, -0.2) is 0 Å². The Morgan fingerprint density at radius 1 is 1.23 bits per heavy atom. The van der Waals surface area contributed by atoms with Crippen molar-refractivity contribution < 1.29 is 0 Å². The summed E-state index contributed by atoms with van der Waals surface area (Å²) in [7, 11) is 0. The maximum absolute atomic E-state index is 2.42. The molecule has 0 fully saturated rings. The van der Waals surface area contributed by atoms with Gasteiger partial charge in [0.15, 0.2) is 0 Å². The number of rotatable bonds is 1. The number of hydrogen-bond acceptors (Lipinski definition) is 1. The van der Waals surface area contributed by atoms with Gasteiger partial charge < -0.3 is 0 Å². The smallest absolute Gasteiger partial charge is 0.0666 e.